The minimum atomic E-state index is -1.10. The third-order valence-electron chi connectivity index (χ3n) is 4.33. The van der Waals surface area contributed by atoms with Gasteiger partial charge in [-0.2, -0.15) is 0 Å². The molecule has 28 heavy (non-hydrogen) atoms. The molecule has 0 aliphatic rings. The van der Waals surface area contributed by atoms with Gasteiger partial charge in [-0.05, 0) is 30.0 Å². The predicted molar refractivity (Wildman–Crippen MR) is 103 cm³/mol. The molecule has 0 aliphatic carbocycles. The number of aliphatic carboxylic acids is 2. The van der Waals surface area contributed by atoms with Crippen LogP contribution in [0.5, 0.6) is 5.75 Å². The molecule has 0 bridgehead atoms. The SMILES string of the molecule is COc1ccc(Cn2cnc(CC(NC(CC(C)C)C(=O)O)C(=O)O)c2)cc1. The van der Waals surface area contributed by atoms with E-state index in [2.05, 4.69) is 10.3 Å². The van der Waals surface area contributed by atoms with Crippen LogP contribution in [0, 0.1) is 5.92 Å². The highest BCUT2D eigenvalue weighted by Crippen LogP contribution is 2.13. The molecule has 1 aromatic carbocycles. The first-order valence-corrected chi connectivity index (χ1v) is 9.13. The van der Waals surface area contributed by atoms with Crippen LogP contribution in [0.1, 0.15) is 31.5 Å². The second kappa shape index (κ2) is 9.89. The number of carboxylic acids is 2. The summed E-state index contributed by atoms with van der Waals surface area (Å²) in [6.45, 7) is 4.38. The number of rotatable bonds is 11. The number of carboxylic acid groups (broad SMARTS) is 2. The van der Waals surface area contributed by atoms with Gasteiger partial charge in [-0.3, -0.25) is 14.9 Å². The van der Waals surface area contributed by atoms with Crippen LogP contribution in [0.15, 0.2) is 36.8 Å². The second-order valence-electron chi connectivity index (χ2n) is 7.17. The van der Waals surface area contributed by atoms with Crippen LogP contribution in [0.25, 0.3) is 0 Å². The maximum absolute atomic E-state index is 11.6. The Kier molecular flexibility index (Phi) is 7.57. The molecule has 8 heteroatoms. The normalized spacial score (nSPS) is 13.3. The summed E-state index contributed by atoms with van der Waals surface area (Å²) in [5.74, 6) is -1.24. The summed E-state index contributed by atoms with van der Waals surface area (Å²) < 4.78 is 7.00. The third kappa shape index (κ3) is 6.38. The molecule has 0 radical (unpaired) electrons. The first kappa shape index (κ1) is 21.4. The molecular formula is C20H27N3O5. The molecule has 2 aromatic rings. The summed E-state index contributed by atoms with van der Waals surface area (Å²) in [7, 11) is 1.61. The van der Waals surface area contributed by atoms with Gasteiger partial charge in [-0.25, -0.2) is 4.98 Å². The van der Waals surface area contributed by atoms with Gasteiger partial charge in [0.1, 0.15) is 17.8 Å². The van der Waals surface area contributed by atoms with Gasteiger partial charge in [0, 0.05) is 19.2 Å². The number of aromatic nitrogens is 2. The highest BCUT2D eigenvalue weighted by atomic mass is 16.5. The molecule has 152 valence electrons. The highest BCUT2D eigenvalue weighted by molar-refractivity contribution is 5.77. The number of methoxy groups -OCH3 is 1. The number of carbonyl (C=O) groups is 2. The predicted octanol–water partition coefficient (Wildman–Crippen LogP) is 2.02. The lowest BCUT2D eigenvalue weighted by Gasteiger charge is -2.21. The zero-order chi connectivity index (χ0) is 20.7. The van der Waals surface area contributed by atoms with Gasteiger partial charge in [0.2, 0.25) is 0 Å². The number of hydrogen-bond donors (Lipinski definition) is 3. The Morgan fingerprint density at radius 2 is 1.79 bits per heavy atom. The number of imidazole rings is 1. The molecular weight excluding hydrogens is 362 g/mol. The number of ether oxygens (including phenoxy) is 1. The summed E-state index contributed by atoms with van der Waals surface area (Å²) in [5.41, 5.74) is 1.64. The van der Waals surface area contributed by atoms with Crippen molar-refractivity contribution in [3.8, 4) is 5.75 Å². The van der Waals surface area contributed by atoms with E-state index in [1.807, 2.05) is 42.7 Å². The lowest BCUT2D eigenvalue weighted by Crippen LogP contribution is -2.48. The summed E-state index contributed by atoms with van der Waals surface area (Å²) >= 11 is 0. The van der Waals surface area contributed by atoms with Crippen molar-refractivity contribution in [3.05, 3.63) is 48.0 Å². The van der Waals surface area contributed by atoms with E-state index in [9.17, 15) is 19.8 Å². The van der Waals surface area contributed by atoms with Gasteiger partial charge >= 0.3 is 11.9 Å². The molecule has 0 saturated heterocycles. The fourth-order valence-electron chi connectivity index (χ4n) is 2.92. The maximum Gasteiger partial charge on any atom is 0.321 e. The van der Waals surface area contributed by atoms with E-state index in [0.717, 1.165) is 11.3 Å². The van der Waals surface area contributed by atoms with Crippen molar-refractivity contribution in [2.24, 2.45) is 5.92 Å². The Hall–Kier alpha value is -2.87. The lowest BCUT2D eigenvalue weighted by molar-refractivity contribution is -0.142. The molecule has 0 saturated carbocycles. The number of nitrogens with one attached hydrogen (secondary N) is 1. The van der Waals surface area contributed by atoms with Crippen LogP contribution in [0.2, 0.25) is 0 Å². The Morgan fingerprint density at radius 3 is 2.32 bits per heavy atom. The molecule has 0 amide bonds. The van der Waals surface area contributed by atoms with Crippen LogP contribution >= 0.6 is 0 Å². The van der Waals surface area contributed by atoms with Crippen LogP contribution in [-0.2, 0) is 22.6 Å². The largest absolute Gasteiger partial charge is 0.497 e. The smallest absolute Gasteiger partial charge is 0.321 e. The van der Waals surface area contributed by atoms with Gasteiger partial charge in [0.05, 0.1) is 19.1 Å². The molecule has 2 unspecified atom stereocenters. The van der Waals surface area contributed by atoms with Crippen LogP contribution < -0.4 is 10.1 Å². The molecule has 1 heterocycles. The van der Waals surface area contributed by atoms with Crippen LogP contribution in [0.3, 0.4) is 0 Å². The van der Waals surface area contributed by atoms with Crippen molar-refractivity contribution >= 4 is 11.9 Å². The van der Waals surface area contributed by atoms with Gasteiger partial charge < -0.3 is 19.5 Å². The molecule has 0 aliphatic heterocycles. The number of hydrogen-bond acceptors (Lipinski definition) is 5. The van der Waals surface area contributed by atoms with Crippen LogP contribution in [-0.4, -0.2) is 50.9 Å². The van der Waals surface area contributed by atoms with E-state index in [0.29, 0.717) is 18.7 Å². The number of nitrogens with zero attached hydrogens (tertiary/aromatic N) is 2. The standard InChI is InChI=1S/C20H27N3O5/c1-13(2)8-17(19(24)25)22-18(20(26)27)9-15-11-23(12-21-15)10-14-4-6-16(28-3)7-5-14/h4-7,11-13,17-18,22H,8-10H2,1-3H3,(H,24,25)(H,26,27). The van der Waals surface area contributed by atoms with Gasteiger partial charge in [-0.1, -0.05) is 26.0 Å². The third-order valence-corrected chi connectivity index (χ3v) is 4.33. The minimum Gasteiger partial charge on any atom is -0.497 e. The van der Waals surface area contributed by atoms with Crippen molar-refractivity contribution < 1.29 is 24.5 Å². The summed E-state index contributed by atoms with van der Waals surface area (Å²) in [6.07, 6.45) is 3.87. The van der Waals surface area contributed by atoms with Gasteiger partial charge in [0.25, 0.3) is 0 Å². The average molecular weight is 389 g/mol. The van der Waals surface area contributed by atoms with Crippen molar-refractivity contribution in [1.29, 1.82) is 0 Å². The van der Waals surface area contributed by atoms with E-state index in [-0.39, 0.29) is 12.3 Å². The molecule has 8 nitrogen and oxygen atoms in total. The minimum absolute atomic E-state index is 0.104. The first-order valence-electron chi connectivity index (χ1n) is 9.13. The monoisotopic (exact) mass is 389 g/mol. The van der Waals surface area contributed by atoms with Gasteiger partial charge in [0.15, 0.2) is 0 Å². The highest BCUT2D eigenvalue weighted by Gasteiger charge is 2.27. The summed E-state index contributed by atoms with van der Waals surface area (Å²) in [5, 5.41) is 21.6. The average Bonchev–Trinajstić information content (AvgIpc) is 3.07. The van der Waals surface area contributed by atoms with E-state index in [1.165, 1.54) is 0 Å². The molecule has 3 N–H and O–H groups in total. The Morgan fingerprint density at radius 1 is 1.14 bits per heavy atom. The molecule has 1 aromatic heterocycles. The number of benzene rings is 1. The molecule has 2 rings (SSSR count). The van der Waals surface area contributed by atoms with Crippen molar-refractivity contribution in [2.75, 3.05) is 7.11 Å². The Balaban J connectivity index is 2.03. The summed E-state index contributed by atoms with van der Waals surface area (Å²) in [4.78, 5) is 27.3. The van der Waals surface area contributed by atoms with Crippen molar-refractivity contribution in [1.82, 2.24) is 14.9 Å². The van der Waals surface area contributed by atoms with E-state index >= 15 is 0 Å². The molecule has 0 spiro atoms. The molecule has 2 atom stereocenters. The Labute approximate surface area is 164 Å². The van der Waals surface area contributed by atoms with E-state index < -0.39 is 24.0 Å². The van der Waals surface area contributed by atoms with E-state index in [1.54, 1.807) is 19.6 Å². The quantitative estimate of drug-likeness (QED) is 0.539. The Bertz CT molecular complexity index is 785. The van der Waals surface area contributed by atoms with Crippen molar-refractivity contribution in [3.63, 3.8) is 0 Å². The van der Waals surface area contributed by atoms with Gasteiger partial charge in [-0.15, -0.1) is 0 Å². The summed E-state index contributed by atoms with van der Waals surface area (Å²) in [6, 6.07) is 5.70. The van der Waals surface area contributed by atoms with Crippen molar-refractivity contribution in [2.45, 2.75) is 45.3 Å². The zero-order valence-corrected chi connectivity index (χ0v) is 16.3. The first-order chi connectivity index (χ1) is 13.3. The fourth-order valence-corrected chi connectivity index (χ4v) is 2.92. The zero-order valence-electron chi connectivity index (χ0n) is 16.3. The maximum atomic E-state index is 11.6. The lowest BCUT2D eigenvalue weighted by atomic mass is 10.0. The molecule has 0 fully saturated rings. The van der Waals surface area contributed by atoms with Crippen LogP contribution in [0.4, 0.5) is 0 Å². The second-order valence-corrected chi connectivity index (χ2v) is 7.17. The fraction of sp³-hybridized carbons (Fsp3) is 0.450. The topological polar surface area (TPSA) is 114 Å². The van der Waals surface area contributed by atoms with E-state index in [4.69, 9.17) is 4.74 Å².